The van der Waals surface area contributed by atoms with Crippen molar-refractivity contribution in [2.45, 2.75) is 23.5 Å². The first-order valence-corrected chi connectivity index (χ1v) is 16.3. The van der Waals surface area contributed by atoms with Crippen LogP contribution in [0.2, 0.25) is 0 Å². The van der Waals surface area contributed by atoms with Gasteiger partial charge in [0.1, 0.15) is 11.2 Å². The lowest BCUT2D eigenvalue weighted by molar-refractivity contribution is 0.0324. The van der Waals surface area contributed by atoms with Gasteiger partial charge in [-0.1, -0.05) is 171 Å². The minimum absolute atomic E-state index is 0.0844. The molecule has 3 atom stereocenters. The van der Waals surface area contributed by atoms with E-state index in [-0.39, 0.29) is 11.3 Å². The van der Waals surface area contributed by atoms with Gasteiger partial charge in [0.25, 0.3) is 0 Å². The number of benzene rings is 6. The summed E-state index contributed by atoms with van der Waals surface area (Å²) >= 11 is 0. The van der Waals surface area contributed by atoms with Crippen LogP contribution in [0.1, 0.15) is 40.3 Å². The number of hydrogen-bond donors (Lipinski definition) is 2. The highest BCUT2D eigenvalue weighted by molar-refractivity contribution is 5.82. The van der Waals surface area contributed by atoms with E-state index in [0.29, 0.717) is 0 Å². The summed E-state index contributed by atoms with van der Waals surface area (Å²) in [6.45, 7) is 2.23. The van der Waals surface area contributed by atoms with Crippen molar-refractivity contribution < 1.29 is 10.2 Å². The van der Waals surface area contributed by atoms with Gasteiger partial charge in [-0.2, -0.15) is 0 Å². The lowest BCUT2D eigenvalue weighted by atomic mass is 9.69. The monoisotopic (exact) mass is 606 g/mol. The summed E-state index contributed by atoms with van der Waals surface area (Å²) < 4.78 is 0. The van der Waals surface area contributed by atoms with Gasteiger partial charge in [0.05, 0.1) is 0 Å². The Labute approximate surface area is 275 Å². The molecule has 0 radical (unpaired) electrons. The molecule has 0 aliphatic heterocycles. The summed E-state index contributed by atoms with van der Waals surface area (Å²) in [4.78, 5) is 0. The second kappa shape index (κ2) is 10.1. The van der Waals surface area contributed by atoms with Gasteiger partial charge in [-0.25, -0.2) is 0 Å². The van der Waals surface area contributed by atoms with Crippen LogP contribution in [-0.4, -0.2) is 10.2 Å². The summed E-state index contributed by atoms with van der Waals surface area (Å²) in [6, 6.07) is 49.9. The van der Waals surface area contributed by atoms with Gasteiger partial charge in [-0.05, 0) is 61.7 Å². The van der Waals surface area contributed by atoms with Crippen molar-refractivity contribution in [1.29, 1.82) is 0 Å². The topological polar surface area (TPSA) is 40.5 Å². The first-order chi connectivity index (χ1) is 22.9. The Kier molecular flexibility index (Phi) is 6.02. The highest BCUT2D eigenvalue weighted by Crippen LogP contribution is 2.58. The van der Waals surface area contributed by atoms with Gasteiger partial charge in [-0.15, -0.1) is 0 Å². The third-order valence-corrected chi connectivity index (χ3v) is 11.0. The Morgan fingerprint density at radius 2 is 0.979 bits per heavy atom. The summed E-state index contributed by atoms with van der Waals surface area (Å²) in [7, 11) is 0. The fourth-order valence-electron chi connectivity index (χ4n) is 8.57. The molecule has 47 heavy (non-hydrogen) atoms. The summed E-state index contributed by atoms with van der Waals surface area (Å²) in [5, 5.41) is 24.7. The fourth-order valence-corrected chi connectivity index (χ4v) is 8.57. The second-order valence-electron chi connectivity index (χ2n) is 13.4. The molecule has 0 saturated carbocycles. The van der Waals surface area contributed by atoms with Gasteiger partial charge in [0, 0.05) is 22.5 Å². The normalized spacial score (nSPS) is 22.7. The molecule has 2 N–H and O–H groups in total. The molecule has 0 spiro atoms. The Morgan fingerprint density at radius 3 is 1.57 bits per heavy atom. The van der Waals surface area contributed by atoms with Crippen LogP contribution in [0.5, 0.6) is 0 Å². The number of rotatable bonds is 4. The van der Waals surface area contributed by atoms with Crippen molar-refractivity contribution in [3.8, 4) is 33.4 Å². The van der Waals surface area contributed by atoms with Gasteiger partial charge in [-0.3, -0.25) is 0 Å². The molecule has 0 fully saturated rings. The van der Waals surface area contributed by atoms with Gasteiger partial charge >= 0.3 is 0 Å². The van der Waals surface area contributed by atoms with E-state index in [9.17, 15) is 10.2 Å². The van der Waals surface area contributed by atoms with Crippen LogP contribution in [0.3, 0.4) is 0 Å². The number of aliphatic hydroxyl groups is 2. The van der Waals surface area contributed by atoms with Gasteiger partial charge in [0.2, 0.25) is 0 Å². The predicted octanol–water partition coefficient (Wildman–Crippen LogP) is 9.53. The molecule has 9 rings (SSSR count). The molecule has 0 bridgehead atoms. The molecule has 2 heteroatoms. The minimum atomic E-state index is -1.19. The van der Waals surface area contributed by atoms with E-state index >= 15 is 0 Å². The van der Waals surface area contributed by atoms with E-state index < -0.39 is 11.2 Å². The Balaban J connectivity index is 1.04. The third-order valence-electron chi connectivity index (χ3n) is 11.0. The zero-order valence-corrected chi connectivity index (χ0v) is 26.1. The maximum Gasteiger partial charge on any atom is 0.141 e. The minimum Gasteiger partial charge on any atom is -0.380 e. The van der Waals surface area contributed by atoms with E-state index in [2.05, 4.69) is 134 Å². The molecule has 6 aromatic rings. The molecule has 0 saturated heterocycles. The average molecular weight is 607 g/mol. The third kappa shape index (κ3) is 3.86. The van der Waals surface area contributed by atoms with E-state index in [1.165, 1.54) is 5.56 Å². The van der Waals surface area contributed by atoms with E-state index in [1.54, 1.807) is 0 Å². The summed E-state index contributed by atoms with van der Waals surface area (Å²) in [5.74, 6) is -0.0844. The van der Waals surface area contributed by atoms with Crippen LogP contribution < -0.4 is 0 Å². The largest absolute Gasteiger partial charge is 0.380 e. The lowest BCUT2D eigenvalue weighted by Gasteiger charge is -2.37. The SMILES string of the molecule is CC12C=CC=CC1C(O)(c1ccc(-c3cccc(-c4ccc(C5(O)c6ccccc6-c6ccccc65)cc4)c3)cc1)c1ccccc12. The molecular formula is C45H34O2. The first kappa shape index (κ1) is 28.0. The molecule has 2 nitrogen and oxygen atoms in total. The summed E-state index contributed by atoms with van der Waals surface area (Å²) in [5.41, 5.74) is 9.77. The van der Waals surface area contributed by atoms with Crippen molar-refractivity contribution in [3.05, 3.63) is 203 Å². The quantitative estimate of drug-likeness (QED) is 0.210. The predicted molar refractivity (Wildman–Crippen MR) is 190 cm³/mol. The highest BCUT2D eigenvalue weighted by Gasteiger charge is 2.56. The maximum atomic E-state index is 12.5. The zero-order valence-electron chi connectivity index (χ0n) is 26.1. The van der Waals surface area contributed by atoms with Crippen LogP contribution in [-0.2, 0) is 16.6 Å². The standard InChI is InChI=1S/C45H34O2/c1-43-28-9-8-19-42(43)45(47,41-18-7-6-17-40(41)43)35-26-22-31(23-27-35)33-12-10-11-32(29-33)30-20-24-34(25-21-30)44(46)38-15-4-2-13-36(38)37-14-3-5-16-39(37)44/h2-29,42,46-47H,1H3. The lowest BCUT2D eigenvalue weighted by Crippen LogP contribution is -2.39. The molecule has 6 aromatic carbocycles. The molecule has 3 unspecified atom stereocenters. The van der Waals surface area contributed by atoms with Crippen LogP contribution in [0.25, 0.3) is 33.4 Å². The van der Waals surface area contributed by atoms with Crippen molar-refractivity contribution in [1.82, 2.24) is 0 Å². The molecule has 3 aliphatic rings. The average Bonchev–Trinajstić information content (AvgIpc) is 3.52. The smallest absolute Gasteiger partial charge is 0.141 e. The first-order valence-electron chi connectivity index (χ1n) is 16.3. The van der Waals surface area contributed by atoms with E-state index in [1.807, 2.05) is 42.5 Å². The van der Waals surface area contributed by atoms with E-state index in [4.69, 9.17) is 0 Å². The zero-order chi connectivity index (χ0) is 31.8. The number of fused-ring (bicyclic) bond motifs is 6. The highest BCUT2D eigenvalue weighted by atomic mass is 16.3. The fraction of sp³-hybridized carbons (Fsp3) is 0.111. The molecule has 3 aliphatic carbocycles. The maximum absolute atomic E-state index is 12.5. The Morgan fingerprint density at radius 1 is 0.468 bits per heavy atom. The van der Waals surface area contributed by atoms with Crippen molar-refractivity contribution in [2.75, 3.05) is 0 Å². The van der Waals surface area contributed by atoms with Crippen molar-refractivity contribution in [2.24, 2.45) is 5.92 Å². The molecular weight excluding hydrogens is 572 g/mol. The van der Waals surface area contributed by atoms with Crippen LogP contribution in [0, 0.1) is 5.92 Å². The Bertz CT molecular complexity index is 2190. The summed E-state index contributed by atoms with van der Waals surface area (Å²) in [6.07, 6.45) is 8.54. The van der Waals surface area contributed by atoms with Crippen LogP contribution >= 0.6 is 0 Å². The molecule has 0 heterocycles. The van der Waals surface area contributed by atoms with Gasteiger partial charge < -0.3 is 10.2 Å². The molecule has 226 valence electrons. The van der Waals surface area contributed by atoms with Gasteiger partial charge in [0.15, 0.2) is 0 Å². The Hall–Kier alpha value is -5.28. The number of allylic oxidation sites excluding steroid dienone is 3. The van der Waals surface area contributed by atoms with Crippen LogP contribution in [0.15, 0.2) is 170 Å². The number of hydrogen-bond acceptors (Lipinski definition) is 2. The molecule has 0 amide bonds. The second-order valence-corrected chi connectivity index (χ2v) is 13.4. The van der Waals surface area contributed by atoms with E-state index in [0.717, 1.165) is 61.2 Å². The van der Waals surface area contributed by atoms with Crippen molar-refractivity contribution in [3.63, 3.8) is 0 Å². The molecule has 0 aromatic heterocycles. The van der Waals surface area contributed by atoms with Crippen molar-refractivity contribution >= 4 is 0 Å². The van der Waals surface area contributed by atoms with Crippen LogP contribution in [0.4, 0.5) is 0 Å².